The number of thioether (sulfide) groups is 1. The van der Waals surface area contributed by atoms with Gasteiger partial charge < -0.3 is 10.6 Å². The highest BCUT2D eigenvalue weighted by Crippen LogP contribution is 2.08. The van der Waals surface area contributed by atoms with Gasteiger partial charge in [0.1, 0.15) is 0 Å². The zero-order valence-electron chi connectivity index (χ0n) is 11.8. The first-order valence-electron chi connectivity index (χ1n) is 6.92. The molecule has 0 radical (unpaired) electrons. The van der Waals surface area contributed by atoms with Crippen LogP contribution < -0.4 is 10.6 Å². The van der Waals surface area contributed by atoms with Crippen molar-refractivity contribution in [3.05, 3.63) is 35.9 Å². The number of nitrogens with one attached hydrogen (secondary N) is 2. The molecule has 21 heavy (non-hydrogen) atoms. The van der Waals surface area contributed by atoms with Crippen molar-refractivity contribution < 1.29 is 9.59 Å². The summed E-state index contributed by atoms with van der Waals surface area (Å²) in [5.74, 6) is 0.780. The highest BCUT2D eigenvalue weighted by molar-refractivity contribution is 8.00. The van der Waals surface area contributed by atoms with Gasteiger partial charge >= 0.3 is 0 Å². The zero-order valence-corrected chi connectivity index (χ0v) is 13.5. The smallest absolute Gasteiger partial charge is 0.230 e. The fraction of sp³-hybridized carbons (Fsp3) is 0.467. The van der Waals surface area contributed by atoms with Crippen LogP contribution in [0.1, 0.15) is 23.2 Å². The molecule has 0 aliphatic carbocycles. The van der Waals surface area contributed by atoms with Gasteiger partial charge in [0.15, 0.2) is 5.78 Å². The van der Waals surface area contributed by atoms with E-state index in [1.165, 1.54) is 11.8 Å². The second kappa shape index (κ2) is 9.82. The van der Waals surface area contributed by atoms with Gasteiger partial charge in [-0.1, -0.05) is 30.3 Å². The largest absolute Gasteiger partial charge is 0.351 e. The van der Waals surface area contributed by atoms with Gasteiger partial charge in [-0.15, -0.1) is 24.2 Å². The SMILES string of the molecule is Cl.O=C(CSCC(=O)c1ccccc1)N[C@H]1CCCNC1. The van der Waals surface area contributed by atoms with E-state index in [-0.39, 0.29) is 30.1 Å². The summed E-state index contributed by atoms with van der Waals surface area (Å²) in [7, 11) is 0. The van der Waals surface area contributed by atoms with E-state index in [0.717, 1.165) is 25.9 Å². The van der Waals surface area contributed by atoms with Crippen LogP contribution in [0.15, 0.2) is 30.3 Å². The monoisotopic (exact) mass is 328 g/mol. The predicted molar refractivity (Wildman–Crippen MR) is 89.4 cm³/mol. The van der Waals surface area contributed by atoms with Gasteiger partial charge in [-0.2, -0.15) is 0 Å². The van der Waals surface area contributed by atoms with Gasteiger partial charge in [-0.3, -0.25) is 9.59 Å². The standard InChI is InChI=1S/C15H20N2O2S.ClH/c18-14(12-5-2-1-3-6-12)10-20-11-15(19)17-13-7-4-8-16-9-13;/h1-3,5-6,13,16H,4,7-11H2,(H,17,19);1H/t13-;/m0./s1. The number of hydrogen-bond donors (Lipinski definition) is 2. The number of hydrogen-bond acceptors (Lipinski definition) is 4. The molecule has 0 bridgehead atoms. The summed E-state index contributed by atoms with van der Waals surface area (Å²) < 4.78 is 0. The number of halogens is 1. The minimum Gasteiger partial charge on any atom is -0.351 e. The molecule has 0 saturated carbocycles. The first kappa shape index (κ1) is 18.0. The van der Waals surface area contributed by atoms with E-state index in [1.54, 1.807) is 12.1 Å². The van der Waals surface area contributed by atoms with E-state index < -0.39 is 0 Å². The molecule has 1 aromatic carbocycles. The molecule has 1 aliphatic rings. The first-order valence-corrected chi connectivity index (χ1v) is 8.07. The molecule has 6 heteroatoms. The quantitative estimate of drug-likeness (QED) is 0.783. The zero-order chi connectivity index (χ0) is 14.2. The van der Waals surface area contributed by atoms with Crippen molar-refractivity contribution >= 4 is 35.9 Å². The number of ketones is 1. The third-order valence-electron chi connectivity index (χ3n) is 3.22. The van der Waals surface area contributed by atoms with E-state index in [4.69, 9.17) is 0 Å². The molecule has 116 valence electrons. The molecule has 2 rings (SSSR count). The molecule has 2 N–H and O–H groups in total. The normalized spacial score (nSPS) is 17.6. The van der Waals surface area contributed by atoms with E-state index in [1.807, 2.05) is 18.2 Å². The minimum atomic E-state index is 0. The number of carbonyl (C=O) groups is 2. The van der Waals surface area contributed by atoms with Crippen molar-refractivity contribution in [2.24, 2.45) is 0 Å². The van der Waals surface area contributed by atoms with Crippen molar-refractivity contribution in [2.45, 2.75) is 18.9 Å². The number of benzene rings is 1. The summed E-state index contributed by atoms with van der Waals surface area (Å²) in [5, 5.41) is 6.26. The van der Waals surface area contributed by atoms with Crippen LogP contribution in [-0.4, -0.2) is 42.3 Å². The number of piperidine rings is 1. The second-order valence-corrected chi connectivity index (χ2v) is 5.88. The van der Waals surface area contributed by atoms with Crippen molar-refractivity contribution in [3.8, 4) is 0 Å². The van der Waals surface area contributed by atoms with Crippen LogP contribution in [0.4, 0.5) is 0 Å². The molecule has 1 saturated heterocycles. The Morgan fingerprint density at radius 2 is 2.00 bits per heavy atom. The highest BCUT2D eigenvalue weighted by atomic mass is 35.5. The van der Waals surface area contributed by atoms with E-state index in [0.29, 0.717) is 17.1 Å². The lowest BCUT2D eigenvalue weighted by atomic mass is 10.1. The molecule has 1 heterocycles. The van der Waals surface area contributed by atoms with Crippen LogP contribution in [0.25, 0.3) is 0 Å². The first-order chi connectivity index (χ1) is 9.75. The maximum absolute atomic E-state index is 11.9. The van der Waals surface area contributed by atoms with Crippen LogP contribution in [0.3, 0.4) is 0 Å². The third-order valence-corrected chi connectivity index (χ3v) is 4.16. The Labute approximate surface area is 135 Å². The molecular weight excluding hydrogens is 308 g/mol. The molecule has 0 unspecified atom stereocenters. The molecule has 0 aromatic heterocycles. The van der Waals surface area contributed by atoms with Gasteiger partial charge in [-0.25, -0.2) is 0 Å². The summed E-state index contributed by atoms with van der Waals surface area (Å²) in [5.41, 5.74) is 0.705. The third kappa shape index (κ3) is 6.50. The Hall–Kier alpha value is -1.04. The Balaban J connectivity index is 0.00000220. The molecule has 4 nitrogen and oxygen atoms in total. The van der Waals surface area contributed by atoms with E-state index in [9.17, 15) is 9.59 Å². The van der Waals surface area contributed by atoms with Crippen LogP contribution in [0.5, 0.6) is 0 Å². The highest BCUT2D eigenvalue weighted by Gasteiger charge is 2.15. The Bertz CT molecular complexity index is 450. The van der Waals surface area contributed by atoms with Crippen molar-refractivity contribution in [2.75, 3.05) is 24.6 Å². The van der Waals surface area contributed by atoms with Gasteiger partial charge in [0, 0.05) is 18.2 Å². The molecule has 1 aromatic rings. The Morgan fingerprint density at radius 3 is 2.67 bits per heavy atom. The summed E-state index contributed by atoms with van der Waals surface area (Å²) in [6.07, 6.45) is 2.14. The van der Waals surface area contributed by atoms with Gasteiger partial charge in [0.05, 0.1) is 11.5 Å². The summed E-state index contributed by atoms with van der Waals surface area (Å²) in [4.78, 5) is 23.6. The molecule has 1 fully saturated rings. The number of Topliss-reactive ketones (excluding diaryl/α,β-unsaturated/α-hetero) is 1. The maximum atomic E-state index is 11.9. The molecule has 0 spiro atoms. The van der Waals surface area contributed by atoms with Crippen LogP contribution in [0.2, 0.25) is 0 Å². The fourth-order valence-electron chi connectivity index (χ4n) is 2.19. The lowest BCUT2D eigenvalue weighted by Gasteiger charge is -2.23. The predicted octanol–water partition coefficient (Wildman–Crippen LogP) is 1.89. The lowest BCUT2D eigenvalue weighted by molar-refractivity contribution is -0.119. The minimum absolute atomic E-state index is 0. The van der Waals surface area contributed by atoms with E-state index in [2.05, 4.69) is 10.6 Å². The summed E-state index contributed by atoms with van der Waals surface area (Å²) in [6, 6.07) is 9.42. The van der Waals surface area contributed by atoms with Gasteiger partial charge in [0.2, 0.25) is 5.91 Å². The average Bonchev–Trinajstić information content (AvgIpc) is 2.49. The average molecular weight is 329 g/mol. The lowest BCUT2D eigenvalue weighted by Crippen LogP contribution is -2.46. The Morgan fingerprint density at radius 1 is 1.24 bits per heavy atom. The van der Waals surface area contributed by atoms with Crippen LogP contribution in [-0.2, 0) is 4.79 Å². The maximum Gasteiger partial charge on any atom is 0.230 e. The topological polar surface area (TPSA) is 58.2 Å². The van der Waals surface area contributed by atoms with Crippen LogP contribution in [0, 0.1) is 0 Å². The van der Waals surface area contributed by atoms with Gasteiger partial charge in [0.25, 0.3) is 0 Å². The van der Waals surface area contributed by atoms with E-state index >= 15 is 0 Å². The van der Waals surface area contributed by atoms with Gasteiger partial charge in [-0.05, 0) is 19.4 Å². The molecular formula is C15H21ClN2O2S. The molecule has 1 aliphatic heterocycles. The number of rotatable bonds is 6. The number of carbonyl (C=O) groups excluding carboxylic acids is 2. The van der Waals surface area contributed by atoms with Crippen LogP contribution >= 0.6 is 24.2 Å². The summed E-state index contributed by atoms with van der Waals surface area (Å²) >= 11 is 1.37. The second-order valence-electron chi connectivity index (χ2n) is 4.89. The fourth-order valence-corrected chi connectivity index (χ4v) is 2.91. The van der Waals surface area contributed by atoms with Crippen molar-refractivity contribution in [1.29, 1.82) is 0 Å². The van der Waals surface area contributed by atoms with Crippen molar-refractivity contribution in [1.82, 2.24) is 10.6 Å². The number of amides is 1. The van der Waals surface area contributed by atoms with Crippen molar-refractivity contribution in [3.63, 3.8) is 0 Å². The molecule has 1 amide bonds. The molecule has 1 atom stereocenters. The summed E-state index contributed by atoms with van der Waals surface area (Å²) in [6.45, 7) is 1.88. The Kier molecular flexibility index (Phi) is 8.42.